The van der Waals surface area contributed by atoms with Gasteiger partial charge in [-0.3, -0.25) is 4.98 Å². The van der Waals surface area contributed by atoms with Gasteiger partial charge in [-0.1, -0.05) is 6.07 Å². The number of benzene rings is 1. The highest BCUT2D eigenvalue weighted by Crippen LogP contribution is 2.35. The van der Waals surface area contributed by atoms with E-state index in [-0.39, 0.29) is 11.7 Å². The van der Waals surface area contributed by atoms with Gasteiger partial charge in [-0.25, -0.2) is 14.4 Å². The number of piperidine rings is 1. The molecule has 1 saturated heterocycles. The Morgan fingerprint density at radius 2 is 2.13 bits per heavy atom. The summed E-state index contributed by atoms with van der Waals surface area (Å²) in [4.78, 5) is 16.4. The van der Waals surface area contributed by atoms with Crippen molar-refractivity contribution < 1.29 is 4.39 Å². The molecule has 0 radical (unpaired) electrons. The zero-order valence-corrected chi connectivity index (χ0v) is 17.5. The van der Waals surface area contributed by atoms with Gasteiger partial charge in [0.15, 0.2) is 0 Å². The lowest BCUT2D eigenvalue weighted by atomic mass is 9.97. The third kappa shape index (κ3) is 3.91. The standard InChI is InChI=1S/C23H22FN5S/c1-29-9-3-4-15(13-29)23-27-20(19-14-30-21-12-25-8-7-18(19)21)11-22(28-23)26-17-6-2-5-16(24)10-17/h2,5-8,10-12,14-15H,3-4,9,13H2,1H3,(H,26,27,28). The molecule has 7 heteroatoms. The molecule has 0 amide bonds. The summed E-state index contributed by atoms with van der Waals surface area (Å²) in [5, 5.41) is 6.53. The second kappa shape index (κ2) is 8.08. The molecule has 3 aromatic heterocycles. The van der Waals surface area contributed by atoms with Crippen molar-refractivity contribution in [1.29, 1.82) is 0 Å². The summed E-state index contributed by atoms with van der Waals surface area (Å²) < 4.78 is 14.8. The molecule has 1 fully saturated rings. The summed E-state index contributed by atoms with van der Waals surface area (Å²) in [7, 11) is 2.14. The van der Waals surface area contributed by atoms with Gasteiger partial charge in [0.1, 0.15) is 17.5 Å². The first-order chi connectivity index (χ1) is 14.7. The molecule has 5 rings (SSSR count). The molecule has 1 aliphatic rings. The van der Waals surface area contributed by atoms with E-state index in [4.69, 9.17) is 9.97 Å². The molecule has 1 atom stereocenters. The topological polar surface area (TPSA) is 53.9 Å². The van der Waals surface area contributed by atoms with Gasteiger partial charge < -0.3 is 10.2 Å². The lowest BCUT2D eigenvalue weighted by Gasteiger charge is -2.29. The number of hydrogen-bond acceptors (Lipinski definition) is 6. The maximum Gasteiger partial charge on any atom is 0.135 e. The Bertz CT molecular complexity index is 1190. The molecule has 1 aromatic carbocycles. The van der Waals surface area contributed by atoms with Crippen molar-refractivity contribution in [2.45, 2.75) is 18.8 Å². The van der Waals surface area contributed by atoms with E-state index >= 15 is 0 Å². The second-order valence-corrected chi connectivity index (χ2v) is 8.67. The zero-order valence-electron chi connectivity index (χ0n) is 16.7. The summed E-state index contributed by atoms with van der Waals surface area (Å²) in [5.74, 6) is 1.52. The maximum atomic E-state index is 13.7. The van der Waals surface area contributed by atoms with E-state index in [1.54, 1.807) is 17.4 Å². The van der Waals surface area contributed by atoms with Crippen LogP contribution >= 0.6 is 11.3 Å². The van der Waals surface area contributed by atoms with E-state index in [1.807, 2.05) is 30.6 Å². The van der Waals surface area contributed by atoms with Crippen LogP contribution in [0.4, 0.5) is 15.9 Å². The number of likely N-dealkylation sites (tertiary alicyclic amines) is 1. The highest BCUT2D eigenvalue weighted by Gasteiger charge is 2.23. The Hall–Kier alpha value is -2.90. The third-order valence-corrected chi connectivity index (χ3v) is 6.42. The average Bonchev–Trinajstić information content (AvgIpc) is 3.18. The van der Waals surface area contributed by atoms with Crippen molar-refractivity contribution in [2.75, 3.05) is 25.5 Å². The molecule has 4 aromatic rings. The number of likely N-dealkylation sites (N-methyl/N-ethyl adjacent to an activating group) is 1. The minimum Gasteiger partial charge on any atom is -0.340 e. The summed E-state index contributed by atoms with van der Waals surface area (Å²) >= 11 is 1.66. The van der Waals surface area contributed by atoms with Crippen LogP contribution in [0.25, 0.3) is 21.3 Å². The zero-order chi connectivity index (χ0) is 20.5. The quantitative estimate of drug-likeness (QED) is 0.477. The summed E-state index contributed by atoms with van der Waals surface area (Å²) in [6, 6.07) is 10.4. The Kier molecular flexibility index (Phi) is 5.14. The number of rotatable bonds is 4. The van der Waals surface area contributed by atoms with Crippen molar-refractivity contribution in [3.63, 3.8) is 0 Å². The molecule has 0 saturated carbocycles. The first-order valence-electron chi connectivity index (χ1n) is 10.1. The van der Waals surface area contributed by atoms with Crippen molar-refractivity contribution in [1.82, 2.24) is 19.9 Å². The number of nitrogens with one attached hydrogen (secondary N) is 1. The number of thiophene rings is 1. The largest absolute Gasteiger partial charge is 0.340 e. The molecular formula is C23H22FN5S. The Balaban J connectivity index is 1.59. The highest BCUT2D eigenvalue weighted by atomic mass is 32.1. The number of fused-ring (bicyclic) bond motifs is 1. The molecule has 0 spiro atoms. The van der Waals surface area contributed by atoms with E-state index in [2.05, 4.69) is 27.6 Å². The monoisotopic (exact) mass is 419 g/mol. The number of aromatic nitrogens is 3. The number of pyridine rings is 1. The van der Waals surface area contributed by atoms with Crippen LogP contribution in [-0.4, -0.2) is 40.0 Å². The fourth-order valence-corrected chi connectivity index (χ4v) is 4.94. The highest BCUT2D eigenvalue weighted by molar-refractivity contribution is 7.17. The van der Waals surface area contributed by atoms with Crippen LogP contribution in [-0.2, 0) is 0 Å². The molecule has 5 nitrogen and oxygen atoms in total. The van der Waals surface area contributed by atoms with E-state index in [9.17, 15) is 4.39 Å². The molecule has 30 heavy (non-hydrogen) atoms. The summed E-state index contributed by atoms with van der Waals surface area (Å²) in [6.45, 7) is 2.05. The minimum absolute atomic E-state index is 0.278. The first-order valence-corrected chi connectivity index (χ1v) is 11.0. The summed E-state index contributed by atoms with van der Waals surface area (Å²) in [6.07, 6.45) is 5.90. The van der Waals surface area contributed by atoms with Crippen molar-refractivity contribution >= 4 is 32.9 Å². The van der Waals surface area contributed by atoms with Gasteiger partial charge in [0, 0.05) is 52.9 Å². The lowest BCUT2D eigenvalue weighted by molar-refractivity contribution is 0.246. The van der Waals surface area contributed by atoms with Gasteiger partial charge in [0.25, 0.3) is 0 Å². The fourth-order valence-electron chi connectivity index (χ4n) is 4.02. The Morgan fingerprint density at radius 1 is 1.20 bits per heavy atom. The van der Waals surface area contributed by atoms with E-state index in [0.717, 1.165) is 53.1 Å². The molecule has 0 aliphatic carbocycles. The van der Waals surface area contributed by atoms with Crippen LogP contribution in [0, 0.1) is 5.82 Å². The summed E-state index contributed by atoms with van der Waals surface area (Å²) in [5.41, 5.74) is 2.63. The van der Waals surface area contributed by atoms with Crippen LogP contribution in [0.3, 0.4) is 0 Å². The van der Waals surface area contributed by atoms with Gasteiger partial charge in [-0.2, -0.15) is 0 Å². The third-order valence-electron chi connectivity index (χ3n) is 5.48. The molecule has 152 valence electrons. The van der Waals surface area contributed by atoms with Crippen molar-refractivity contribution in [3.05, 3.63) is 65.8 Å². The average molecular weight is 420 g/mol. The molecular weight excluding hydrogens is 397 g/mol. The maximum absolute atomic E-state index is 13.7. The Labute approximate surface area is 178 Å². The molecule has 1 N–H and O–H groups in total. The first kappa shape index (κ1) is 19.1. The molecule has 1 aliphatic heterocycles. The van der Waals surface area contributed by atoms with Gasteiger partial charge in [0.2, 0.25) is 0 Å². The number of anilines is 2. The number of hydrogen-bond donors (Lipinski definition) is 1. The molecule has 4 heterocycles. The Morgan fingerprint density at radius 3 is 3.00 bits per heavy atom. The number of nitrogens with zero attached hydrogens (tertiary/aromatic N) is 4. The van der Waals surface area contributed by atoms with Crippen molar-refractivity contribution in [3.8, 4) is 11.3 Å². The van der Waals surface area contributed by atoms with Gasteiger partial charge in [-0.15, -0.1) is 11.3 Å². The second-order valence-electron chi connectivity index (χ2n) is 7.75. The minimum atomic E-state index is -0.278. The van der Waals surface area contributed by atoms with E-state index in [1.165, 1.54) is 12.1 Å². The van der Waals surface area contributed by atoms with Gasteiger partial charge in [0.05, 0.1) is 10.4 Å². The van der Waals surface area contributed by atoms with Gasteiger partial charge in [-0.05, 0) is 50.7 Å². The van der Waals surface area contributed by atoms with E-state index < -0.39 is 0 Å². The number of halogens is 1. The normalized spacial score (nSPS) is 17.3. The van der Waals surface area contributed by atoms with Crippen molar-refractivity contribution in [2.24, 2.45) is 0 Å². The predicted octanol–water partition coefficient (Wildman–Crippen LogP) is 5.45. The smallest absolute Gasteiger partial charge is 0.135 e. The van der Waals surface area contributed by atoms with Gasteiger partial charge >= 0.3 is 0 Å². The van der Waals surface area contributed by atoms with Crippen LogP contribution in [0.15, 0.2) is 54.2 Å². The van der Waals surface area contributed by atoms with Crippen LogP contribution < -0.4 is 5.32 Å². The van der Waals surface area contributed by atoms with E-state index in [0.29, 0.717) is 11.5 Å². The SMILES string of the molecule is CN1CCCC(c2nc(Nc3cccc(F)c3)cc(-c3csc4cnccc34)n2)C1. The van der Waals surface area contributed by atoms with Crippen LogP contribution in [0.5, 0.6) is 0 Å². The molecule has 1 unspecified atom stereocenters. The predicted molar refractivity (Wildman–Crippen MR) is 120 cm³/mol. The molecule has 0 bridgehead atoms. The fraction of sp³-hybridized carbons (Fsp3) is 0.261. The van der Waals surface area contributed by atoms with Crippen LogP contribution in [0.2, 0.25) is 0 Å². The van der Waals surface area contributed by atoms with Crippen LogP contribution in [0.1, 0.15) is 24.6 Å². The lowest BCUT2D eigenvalue weighted by Crippen LogP contribution is -2.31.